The van der Waals surface area contributed by atoms with E-state index in [1.54, 1.807) is 13.0 Å². The molecule has 0 bridgehead atoms. The van der Waals surface area contributed by atoms with Gasteiger partial charge in [0.1, 0.15) is 6.07 Å². The van der Waals surface area contributed by atoms with Crippen molar-refractivity contribution in [3.8, 4) is 6.07 Å². The van der Waals surface area contributed by atoms with Gasteiger partial charge in [-0.15, -0.1) is 0 Å². The molecule has 0 spiro atoms. The van der Waals surface area contributed by atoms with Crippen molar-refractivity contribution in [2.45, 2.75) is 25.1 Å². The van der Waals surface area contributed by atoms with Gasteiger partial charge in [-0.05, 0) is 25.1 Å². The van der Waals surface area contributed by atoms with Crippen LogP contribution in [-0.2, 0) is 17.5 Å². The van der Waals surface area contributed by atoms with Crippen LogP contribution in [0.3, 0.4) is 0 Å². The van der Waals surface area contributed by atoms with E-state index in [1.807, 2.05) is 0 Å². The van der Waals surface area contributed by atoms with Crippen LogP contribution in [0, 0.1) is 18.3 Å². The fourth-order valence-electron chi connectivity index (χ4n) is 3.01. The molecule has 0 radical (unpaired) electrons. The van der Waals surface area contributed by atoms with Crippen molar-refractivity contribution >= 4 is 11.7 Å². The van der Waals surface area contributed by atoms with E-state index in [1.165, 1.54) is 25.2 Å². The minimum absolute atomic E-state index is 0.0420. The Morgan fingerprint density at radius 1 is 1.41 bits per heavy atom. The van der Waals surface area contributed by atoms with Gasteiger partial charge in [0.15, 0.2) is 0 Å². The third-order valence-electron chi connectivity index (χ3n) is 4.31. The number of nitrogens with zero attached hydrogens (tertiary/aromatic N) is 4. The molecule has 2 aromatic rings. The highest BCUT2D eigenvalue weighted by atomic mass is 19.4. The average Bonchev–Trinajstić information content (AvgIpc) is 3.18. The molecule has 0 aliphatic carbocycles. The van der Waals surface area contributed by atoms with E-state index < -0.39 is 24.2 Å². The lowest BCUT2D eigenvalue weighted by Gasteiger charge is -2.28. The summed E-state index contributed by atoms with van der Waals surface area (Å²) in [7, 11) is 1.38. The molecule has 1 N–H and O–H groups in total. The van der Waals surface area contributed by atoms with Crippen LogP contribution >= 0.6 is 0 Å². The predicted octanol–water partition coefficient (Wildman–Crippen LogP) is 2.88. The summed E-state index contributed by atoms with van der Waals surface area (Å²) in [4.78, 5) is 16.0. The third-order valence-corrected chi connectivity index (χ3v) is 4.31. The molecule has 1 aromatic heterocycles. The molecule has 0 fully saturated rings. The lowest BCUT2D eigenvalue weighted by molar-refractivity contribution is -0.278. The van der Waals surface area contributed by atoms with Crippen LogP contribution in [0.25, 0.3) is 0 Å². The summed E-state index contributed by atoms with van der Waals surface area (Å²) >= 11 is 0. The quantitative estimate of drug-likeness (QED) is 0.885. The maximum Gasteiger partial charge on any atom is 0.437 e. The minimum atomic E-state index is -4.78. The van der Waals surface area contributed by atoms with E-state index in [9.17, 15) is 18.0 Å². The standard InChI is InChI=1S/C17H13F3N4O3/c1-9-5-14(24(2)22-9)16(17(18,19)20)7-13(23-27-16)10-3-4-12(15(25)26)11(6-10)8-21/h3-6H,7H2,1-2H3,(H,25,26). The van der Waals surface area contributed by atoms with E-state index in [0.29, 0.717) is 5.69 Å². The van der Waals surface area contributed by atoms with Crippen molar-refractivity contribution in [3.63, 3.8) is 0 Å². The van der Waals surface area contributed by atoms with E-state index in [0.717, 1.165) is 10.7 Å². The third kappa shape index (κ3) is 2.91. The van der Waals surface area contributed by atoms with Gasteiger partial charge < -0.3 is 9.94 Å². The van der Waals surface area contributed by atoms with Crippen molar-refractivity contribution in [1.82, 2.24) is 9.78 Å². The number of carboxylic acid groups (broad SMARTS) is 1. The molecule has 10 heteroatoms. The first-order valence-corrected chi connectivity index (χ1v) is 7.70. The van der Waals surface area contributed by atoms with E-state index in [4.69, 9.17) is 15.2 Å². The number of carboxylic acids is 1. The summed E-state index contributed by atoms with van der Waals surface area (Å²) < 4.78 is 42.9. The highest BCUT2D eigenvalue weighted by Gasteiger charge is 2.64. The van der Waals surface area contributed by atoms with Gasteiger partial charge in [-0.2, -0.15) is 23.5 Å². The number of hydrogen-bond donors (Lipinski definition) is 1. The number of aromatic carboxylic acids is 1. The van der Waals surface area contributed by atoms with Gasteiger partial charge >= 0.3 is 12.1 Å². The van der Waals surface area contributed by atoms with Crippen LogP contribution in [0.15, 0.2) is 29.4 Å². The lowest BCUT2D eigenvalue weighted by atomic mass is 9.89. The molecular formula is C17H13F3N4O3. The molecule has 1 unspecified atom stereocenters. The van der Waals surface area contributed by atoms with Gasteiger partial charge in [0.25, 0.3) is 5.60 Å². The molecule has 1 atom stereocenters. The molecule has 1 aliphatic heterocycles. The molecule has 7 nitrogen and oxygen atoms in total. The molecule has 0 saturated heterocycles. The van der Waals surface area contributed by atoms with Gasteiger partial charge in [0.2, 0.25) is 0 Å². The second-order valence-electron chi connectivity index (χ2n) is 6.10. The summed E-state index contributed by atoms with van der Waals surface area (Å²) in [5.74, 6) is -1.31. The van der Waals surface area contributed by atoms with Crippen molar-refractivity contribution in [2.75, 3.05) is 0 Å². The maximum absolute atomic E-state index is 13.9. The molecule has 0 amide bonds. The van der Waals surface area contributed by atoms with E-state index in [-0.39, 0.29) is 28.1 Å². The number of aryl methyl sites for hydroxylation is 2. The Labute approximate surface area is 151 Å². The fourth-order valence-corrected chi connectivity index (χ4v) is 3.01. The zero-order valence-electron chi connectivity index (χ0n) is 14.2. The largest absolute Gasteiger partial charge is 0.478 e. The summed E-state index contributed by atoms with van der Waals surface area (Å²) in [5, 5.41) is 25.7. The topological polar surface area (TPSA) is 100 Å². The lowest BCUT2D eigenvalue weighted by Crippen LogP contribution is -2.44. The van der Waals surface area contributed by atoms with Gasteiger partial charge in [-0.25, -0.2) is 4.79 Å². The Balaban J connectivity index is 2.04. The number of benzene rings is 1. The number of aromatic nitrogens is 2. The highest BCUT2D eigenvalue weighted by molar-refractivity contribution is 6.03. The Bertz CT molecular complexity index is 1000. The van der Waals surface area contributed by atoms with Crippen molar-refractivity contribution in [3.05, 3.63) is 52.3 Å². The van der Waals surface area contributed by atoms with Crippen molar-refractivity contribution in [1.29, 1.82) is 5.26 Å². The second kappa shape index (κ2) is 6.12. The van der Waals surface area contributed by atoms with Crippen LogP contribution in [0.5, 0.6) is 0 Å². The number of alkyl halides is 3. The smallest absolute Gasteiger partial charge is 0.437 e. The van der Waals surface area contributed by atoms with Crippen LogP contribution in [0.4, 0.5) is 13.2 Å². The monoisotopic (exact) mass is 378 g/mol. The Kier molecular flexibility index (Phi) is 4.18. The summed E-state index contributed by atoms with van der Waals surface area (Å²) in [6, 6.07) is 6.64. The zero-order valence-corrected chi connectivity index (χ0v) is 14.2. The number of nitriles is 1. The molecule has 1 aromatic carbocycles. The van der Waals surface area contributed by atoms with E-state index in [2.05, 4.69) is 10.3 Å². The fraction of sp³-hybridized carbons (Fsp3) is 0.294. The minimum Gasteiger partial charge on any atom is -0.478 e. The second-order valence-corrected chi connectivity index (χ2v) is 6.10. The Hall–Kier alpha value is -3.35. The number of rotatable bonds is 3. The molecule has 3 rings (SSSR count). The Morgan fingerprint density at radius 3 is 2.63 bits per heavy atom. The summed E-state index contributed by atoms with van der Waals surface area (Å²) in [6.07, 6.45) is -5.41. The van der Waals surface area contributed by atoms with Crippen LogP contribution < -0.4 is 0 Å². The van der Waals surface area contributed by atoms with Crippen LogP contribution in [0.1, 0.15) is 39.3 Å². The maximum atomic E-state index is 13.9. The first-order valence-electron chi connectivity index (χ1n) is 7.70. The number of hydrogen-bond acceptors (Lipinski definition) is 5. The number of oxime groups is 1. The van der Waals surface area contributed by atoms with Gasteiger partial charge in [-0.3, -0.25) is 4.68 Å². The molecule has 2 heterocycles. The molecule has 1 aliphatic rings. The van der Waals surface area contributed by atoms with Gasteiger partial charge in [-0.1, -0.05) is 11.2 Å². The summed E-state index contributed by atoms with van der Waals surface area (Å²) in [6.45, 7) is 1.56. The Morgan fingerprint density at radius 2 is 2.11 bits per heavy atom. The number of halogens is 3. The van der Waals surface area contributed by atoms with Crippen molar-refractivity contribution in [2.24, 2.45) is 12.2 Å². The molecule has 27 heavy (non-hydrogen) atoms. The van der Waals surface area contributed by atoms with Gasteiger partial charge in [0.05, 0.1) is 34.6 Å². The SMILES string of the molecule is Cc1cc(C2(C(F)(F)F)CC(c3ccc(C(=O)O)c(C#N)c3)=NO2)n(C)n1. The molecular weight excluding hydrogens is 365 g/mol. The van der Waals surface area contributed by atoms with Gasteiger partial charge in [0, 0.05) is 12.6 Å². The van der Waals surface area contributed by atoms with Crippen LogP contribution in [0.2, 0.25) is 0 Å². The first kappa shape index (κ1) is 18.4. The average molecular weight is 378 g/mol. The normalized spacial score (nSPS) is 19.3. The first-order chi connectivity index (χ1) is 12.6. The predicted molar refractivity (Wildman–Crippen MR) is 86.0 cm³/mol. The zero-order chi connectivity index (χ0) is 20.0. The number of carbonyl (C=O) groups is 1. The van der Waals surface area contributed by atoms with Crippen molar-refractivity contribution < 1.29 is 27.9 Å². The van der Waals surface area contributed by atoms with E-state index >= 15 is 0 Å². The molecule has 0 saturated carbocycles. The molecule has 140 valence electrons. The highest BCUT2D eigenvalue weighted by Crippen LogP contribution is 2.48. The summed E-state index contributed by atoms with van der Waals surface area (Å²) in [5.41, 5.74) is -2.80. The van der Waals surface area contributed by atoms with Crippen LogP contribution in [-0.4, -0.2) is 32.7 Å².